The number of aliphatic imine (C=N–C) groups is 1. The van der Waals surface area contributed by atoms with Crippen LogP contribution in [-0.2, 0) is 6.54 Å². The van der Waals surface area contributed by atoms with Gasteiger partial charge in [-0.15, -0.1) is 0 Å². The second-order valence-electron chi connectivity index (χ2n) is 7.84. The fourth-order valence-corrected chi connectivity index (χ4v) is 3.76. The molecule has 0 spiro atoms. The van der Waals surface area contributed by atoms with E-state index in [4.69, 9.17) is 10.5 Å². The van der Waals surface area contributed by atoms with Crippen LogP contribution in [0.4, 0.5) is 8.78 Å². The Bertz CT molecular complexity index is 1200. The first-order chi connectivity index (χ1) is 15.4. The molecule has 2 unspecified atom stereocenters. The number of halogens is 2. The van der Waals surface area contributed by atoms with Gasteiger partial charge in [-0.05, 0) is 45.0 Å². The number of pyridine rings is 1. The van der Waals surface area contributed by atoms with Crippen molar-refractivity contribution in [2.45, 2.75) is 39.6 Å². The molecule has 0 amide bonds. The molecule has 0 fully saturated rings. The number of nitrogens with zero attached hydrogens (tertiary/aromatic N) is 4. The summed E-state index contributed by atoms with van der Waals surface area (Å²) in [6.45, 7) is 5.48. The standard InChI is InChI=1S/C24H25F2N5O/c1-14(25)11-30-23-17-8-22(15(2)29-12-17)32-16(3)21-9-19(26)4-5-20(21)24-28-6-7-31(24)13-18(23)10-27/h4-10,12,14,16H,11,13,27H2,1-3H3. The fraction of sp³-hybridized carbons (Fsp3) is 0.292. The van der Waals surface area contributed by atoms with Crippen LogP contribution in [0, 0.1) is 12.7 Å². The predicted molar refractivity (Wildman–Crippen MR) is 120 cm³/mol. The average molecular weight is 437 g/mol. The second-order valence-corrected chi connectivity index (χ2v) is 7.84. The van der Waals surface area contributed by atoms with Crippen molar-refractivity contribution >= 4 is 5.71 Å². The number of imidazole rings is 1. The van der Waals surface area contributed by atoms with E-state index in [9.17, 15) is 8.78 Å². The first kappa shape index (κ1) is 21.7. The summed E-state index contributed by atoms with van der Waals surface area (Å²) < 4.78 is 36.0. The number of allylic oxidation sites excluding steroid dienone is 1. The van der Waals surface area contributed by atoms with E-state index in [0.717, 1.165) is 5.56 Å². The Morgan fingerprint density at radius 2 is 2.16 bits per heavy atom. The Labute approximate surface area is 185 Å². The van der Waals surface area contributed by atoms with Crippen LogP contribution in [0.5, 0.6) is 5.75 Å². The summed E-state index contributed by atoms with van der Waals surface area (Å²) in [5.74, 6) is 0.823. The van der Waals surface area contributed by atoms with E-state index >= 15 is 0 Å². The van der Waals surface area contributed by atoms with Crippen LogP contribution in [0.15, 0.2) is 59.6 Å². The Balaban J connectivity index is 1.95. The molecular formula is C24H25F2N5O. The maximum atomic E-state index is 14.2. The molecule has 3 aromatic rings. The maximum absolute atomic E-state index is 14.2. The summed E-state index contributed by atoms with van der Waals surface area (Å²) in [5, 5.41) is 0. The van der Waals surface area contributed by atoms with Gasteiger partial charge in [-0.2, -0.15) is 0 Å². The van der Waals surface area contributed by atoms with E-state index in [1.54, 1.807) is 18.5 Å². The predicted octanol–water partition coefficient (Wildman–Crippen LogP) is 4.54. The zero-order chi connectivity index (χ0) is 22.8. The summed E-state index contributed by atoms with van der Waals surface area (Å²) in [6, 6.07) is 6.38. The highest BCUT2D eigenvalue weighted by Crippen LogP contribution is 2.33. The molecule has 1 aromatic carbocycles. The van der Waals surface area contributed by atoms with Crippen LogP contribution in [0.25, 0.3) is 11.4 Å². The highest BCUT2D eigenvalue weighted by molar-refractivity contribution is 6.12. The number of nitrogens with two attached hydrogens (primary N) is 1. The number of fused-ring (bicyclic) bond motifs is 5. The van der Waals surface area contributed by atoms with E-state index in [-0.39, 0.29) is 12.4 Å². The fourth-order valence-electron chi connectivity index (χ4n) is 3.76. The minimum absolute atomic E-state index is 0.00790. The summed E-state index contributed by atoms with van der Waals surface area (Å²) in [4.78, 5) is 13.5. The molecule has 0 saturated carbocycles. The molecular weight excluding hydrogens is 412 g/mol. The van der Waals surface area contributed by atoms with Gasteiger partial charge in [-0.25, -0.2) is 13.8 Å². The third-order valence-electron chi connectivity index (χ3n) is 5.37. The molecule has 32 heavy (non-hydrogen) atoms. The molecule has 1 aliphatic rings. The highest BCUT2D eigenvalue weighted by atomic mass is 19.1. The van der Waals surface area contributed by atoms with E-state index in [1.807, 2.05) is 30.7 Å². The minimum Gasteiger partial charge on any atom is -0.484 e. The van der Waals surface area contributed by atoms with Gasteiger partial charge in [0.1, 0.15) is 29.7 Å². The number of rotatable bonds is 2. The number of benzene rings is 1. The van der Waals surface area contributed by atoms with E-state index in [0.29, 0.717) is 46.2 Å². The molecule has 2 atom stereocenters. The number of aryl methyl sites for hydroxylation is 1. The minimum atomic E-state index is -1.11. The number of aromatic nitrogens is 3. The third-order valence-corrected chi connectivity index (χ3v) is 5.37. The van der Waals surface area contributed by atoms with Crippen LogP contribution in [-0.4, -0.2) is 33.0 Å². The van der Waals surface area contributed by atoms with Crippen LogP contribution in [0.2, 0.25) is 0 Å². The molecule has 3 heterocycles. The lowest BCUT2D eigenvalue weighted by Gasteiger charge is -2.22. The first-order valence-electron chi connectivity index (χ1n) is 10.4. The van der Waals surface area contributed by atoms with Crippen molar-refractivity contribution in [2.75, 3.05) is 6.54 Å². The molecule has 0 radical (unpaired) electrons. The monoisotopic (exact) mass is 437 g/mol. The third kappa shape index (κ3) is 4.26. The highest BCUT2D eigenvalue weighted by Gasteiger charge is 2.22. The van der Waals surface area contributed by atoms with Gasteiger partial charge >= 0.3 is 0 Å². The zero-order valence-electron chi connectivity index (χ0n) is 18.2. The van der Waals surface area contributed by atoms with Gasteiger partial charge in [0.2, 0.25) is 0 Å². The summed E-state index contributed by atoms with van der Waals surface area (Å²) in [7, 11) is 0. The normalized spacial score (nSPS) is 19.5. The van der Waals surface area contributed by atoms with Gasteiger partial charge in [0.25, 0.3) is 0 Å². The topological polar surface area (TPSA) is 78.3 Å². The molecule has 8 heteroatoms. The molecule has 4 rings (SSSR count). The molecule has 2 bridgehead atoms. The van der Waals surface area contributed by atoms with Gasteiger partial charge in [0.15, 0.2) is 0 Å². The Morgan fingerprint density at radius 1 is 1.34 bits per heavy atom. The van der Waals surface area contributed by atoms with Crippen molar-refractivity contribution in [1.29, 1.82) is 0 Å². The second kappa shape index (κ2) is 8.90. The van der Waals surface area contributed by atoms with Gasteiger partial charge in [0.05, 0.1) is 24.5 Å². The molecule has 2 N–H and O–H groups in total. The van der Waals surface area contributed by atoms with Crippen LogP contribution in [0.3, 0.4) is 0 Å². The van der Waals surface area contributed by atoms with E-state index in [2.05, 4.69) is 15.0 Å². The van der Waals surface area contributed by atoms with Crippen molar-refractivity contribution < 1.29 is 13.5 Å². The number of hydrogen-bond donors (Lipinski definition) is 1. The van der Waals surface area contributed by atoms with Crippen molar-refractivity contribution in [1.82, 2.24) is 14.5 Å². The zero-order valence-corrected chi connectivity index (χ0v) is 18.2. The average Bonchev–Trinajstić information content (AvgIpc) is 3.22. The Morgan fingerprint density at radius 3 is 2.91 bits per heavy atom. The first-order valence-corrected chi connectivity index (χ1v) is 10.4. The summed E-state index contributed by atoms with van der Waals surface area (Å²) in [5.41, 5.74) is 9.98. The number of alkyl halides is 1. The van der Waals surface area contributed by atoms with E-state index in [1.165, 1.54) is 25.3 Å². The van der Waals surface area contributed by atoms with E-state index < -0.39 is 12.3 Å². The molecule has 1 aliphatic heterocycles. The molecule has 166 valence electrons. The lowest BCUT2D eigenvalue weighted by atomic mass is 10.00. The summed E-state index contributed by atoms with van der Waals surface area (Å²) in [6.07, 6.45) is 5.04. The maximum Gasteiger partial charge on any atom is 0.142 e. The number of hydrogen-bond acceptors (Lipinski definition) is 5. The van der Waals surface area contributed by atoms with Gasteiger partial charge in [0, 0.05) is 47.1 Å². The largest absolute Gasteiger partial charge is 0.484 e. The van der Waals surface area contributed by atoms with Gasteiger partial charge in [-0.1, -0.05) is 0 Å². The molecule has 0 aliphatic carbocycles. The Hall–Kier alpha value is -3.55. The smallest absolute Gasteiger partial charge is 0.142 e. The quantitative estimate of drug-likeness (QED) is 0.639. The van der Waals surface area contributed by atoms with Crippen molar-refractivity contribution in [2.24, 2.45) is 10.7 Å². The van der Waals surface area contributed by atoms with Crippen molar-refractivity contribution in [3.8, 4) is 17.1 Å². The van der Waals surface area contributed by atoms with Crippen molar-refractivity contribution in [3.63, 3.8) is 0 Å². The number of ether oxygens (including phenoxy) is 1. The molecule has 2 aromatic heterocycles. The lowest BCUT2D eigenvalue weighted by molar-refractivity contribution is 0.224. The van der Waals surface area contributed by atoms with Crippen molar-refractivity contribution in [3.05, 3.63) is 77.3 Å². The lowest BCUT2D eigenvalue weighted by Crippen LogP contribution is -2.18. The van der Waals surface area contributed by atoms with Crippen LogP contribution < -0.4 is 10.5 Å². The molecule has 0 saturated heterocycles. The molecule has 6 nitrogen and oxygen atoms in total. The Kier molecular flexibility index (Phi) is 6.03. The van der Waals surface area contributed by atoms with Gasteiger partial charge < -0.3 is 15.0 Å². The van der Waals surface area contributed by atoms with Gasteiger partial charge in [-0.3, -0.25) is 9.98 Å². The van der Waals surface area contributed by atoms with Crippen LogP contribution >= 0.6 is 0 Å². The SMILES string of the molecule is Cc1ncc2cc1OC(C)c1cc(F)ccc1-c1nccn1CC(=CN)C2=NCC(C)F. The van der Waals surface area contributed by atoms with Crippen LogP contribution in [0.1, 0.15) is 36.8 Å². The summed E-state index contributed by atoms with van der Waals surface area (Å²) >= 11 is 0.